The Morgan fingerprint density at radius 3 is 2.48 bits per heavy atom. The summed E-state index contributed by atoms with van der Waals surface area (Å²) in [5, 5.41) is 9.10. The van der Waals surface area contributed by atoms with Crippen molar-refractivity contribution >= 4 is 17.8 Å². The molecule has 2 aromatic rings. The topological polar surface area (TPSA) is 83.9 Å². The van der Waals surface area contributed by atoms with Crippen molar-refractivity contribution in [2.45, 2.75) is 57.6 Å². The first kappa shape index (κ1) is 23.0. The van der Waals surface area contributed by atoms with E-state index in [1.54, 1.807) is 23.1 Å². The summed E-state index contributed by atoms with van der Waals surface area (Å²) in [6, 6.07) is 12.2. The maximum Gasteiger partial charge on any atom is 0.410 e. The molecule has 6 nitrogen and oxygen atoms in total. The Kier molecular flexibility index (Phi) is 7.06. The van der Waals surface area contributed by atoms with Gasteiger partial charge in [0.05, 0.1) is 5.92 Å². The van der Waals surface area contributed by atoms with E-state index in [1.165, 1.54) is 6.07 Å². The number of halogens is 1. The van der Waals surface area contributed by atoms with Crippen molar-refractivity contribution in [2.24, 2.45) is 5.92 Å². The molecule has 174 valence electrons. The highest BCUT2D eigenvalue weighted by Gasteiger charge is 2.30. The number of Topliss-reactive ketones (excluding diaryl/α,β-unsaturated/α-hetero) is 1. The SMILES string of the molecule is O=C(Cc1ccc2c(c1)CCN(C(=O)OC1CCC(C(=O)O)CC1)C2)Cc1ccccc1F. The number of benzene rings is 2. The summed E-state index contributed by atoms with van der Waals surface area (Å²) in [7, 11) is 0. The zero-order valence-corrected chi connectivity index (χ0v) is 18.5. The molecule has 1 N–H and O–H groups in total. The van der Waals surface area contributed by atoms with E-state index in [2.05, 4.69) is 0 Å². The van der Waals surface area contributed by atoms with Crippen molar-refractivity contribution in [1.29, 1.82) is 0 Å². The number of aliphatic carboxylic acids is 1. The van der Waals surface area contributed by atoms with Crippen LogP contribution in [0.4, 0.5) is 9.18 Å². The number of ketones is 1. The third kappa shape index (κ3) is 5.78. The van der Waals surface area contributed by atoms with Crippen molar-refractivity contribution in [3.63, 3.8) is 0 Å². The maximum absolute atomic E-state index is 13.8. The van der Waals surface area contributed by atoms with Gasteiger partial charge in [-0.2, -0.15) is 0 Å². The van der Waals surface area contributed by atoms with Crippen molar-refractivity contribution in [3.8, 4) is 0 Å². The largest absolute Gasteiger partial charge is 0.481 e. The van der Waals surface area contributed by atoms with Crippen molar-refractivity contribution < 1.29 is 28.6 Å². The minimum absolute atomic E-state index is 0.0429. The molecule has 0 aromatic heterocycles. The Hall–Kier alpha value is -3.22. The first-order valence-corrected chi connectivity index (χ1v) is 11.4. The van der Waals surface area contributed by atoms with E-state index in [0.717, 1.165) is 16.7 Å². The van der Waals surface area contributed by atoms with E-state index in [-0.39, 0.29) is 42.6 Å². The van der Waals surface area contributed by atoms with E-state index in [0.29, 0.717) is 50.8 Å². The van der Waals surface area contributed by atoms with Gasteiger partial charge in [0.1, 0.15) is 17.7 Å². The molecule has 1 aliphatic carbocycles. The van der Waals surface area contributed by atoms with Gasteiger partial charge < -0.3 is 14.7 Å². The quantitative estimate of drug-likeness (QED) is 0.704. The minimum atomic E-state index is -0.777. The second-order valence-corrected chi connectivity index (χ2v) is 8.95. The number of fused-ring (bicyclic) bond motifs is 1. The van der Waals surface area contributed by atoms with Crippen LogP contribution in [0.2, 0.25) is 0 Å². The minimum Gasteiger partial charge on any atom is -0.481 e. The van der Waals surface area contributed by atoms with Gasteiger partial charge in [0.2, 0.25) is 0 Å². The predicted octanol–water partition coefficient (Wildman–Crippen LogP) is 4.32. The van der Waals surface area contributed by atoms with Crippen LogP contribution in [0.25, 0.3) is 0 Å². The third-order valence-corrected chi connectivity index (χ3v) is 6.58. The molecule has 1 saturated carbocycles. The molecule has 0 spiro atoms. The highest BCUT2D eigenvalue weighted by Crippen LogP contribution is 2.28. The zero-order chi connectivity index (χ0) is 23.4. The van der Waals surface area contributed by atoms with Crippen LogP contribution in [0.15, 0.2) is 42.5 Å². The van der Waals surface area contributed by atoms with Crippen LogP contribution in [0.5, 0.6) is 0 Å². The Balaban J connectivity index is 1.30. The van der Waals surface area contributed by atoms with E-state index < -0.39 is 5.97 Å². The molecule has 0 atom stereocenters. The van der Waals surface area contributed by atoms with E-state index in [4.69, 9.17) is 9.84 Å². The smallest absolute Gasteiger partial charge is 0.410 e. The van der Waals surface area contributed by atoms with Crippen LogP contribution in [0.1, 0.15) is 47.9 Å². The van der Waals surface area contributed by atoms with Gasteiger partial charge in [0.15, 0.2) is 0 Å². The molecule has 33 heavy (non-hydrogen) atoms. The zero-order valence-electron chi connectivity index (χ0n) is 18.5. The fourth-order valence-electron chi connectivity index (χ4n) is 4.66. The van der Waals surface area contributed by atoms with Crippen LogP contribution in [0, 0.1) is 11.7 Å². The molecule has 1 fully saturated rings. The van der Waals surface area contributed by atoms with Gasteiger partial charge in [-0.1, -0.05) is 36.4 Å². The summed E-state index contributed by atoms with van der Waals surface area (Å²) in [4.78, 5) is 37.8. The van der Waals surface area contributed by atoms with Crippen LogP contribution < -0.4 is 0 Å². The number of nitrogens with zero attached hydrogens (tertiary/aromatic N) is 1. The molecule has 1 amide bonds. The lowest BCUT2D eigenvalue weighted by atomic mass is 9.87. The Labute approximate surface area is 192 Å². The van der Waals surface area contributed by atoms with Crippen molar-refractivity contribution in [3.05, 3.63) is 70.5 Å². The van der Waals surface area contributed by atoms with Crippen LogP contribution in [-0.2, 0) is 40.1 Å². The lowest BCUT2D eigenvalue weighted by Gasteiger charge is -2.32. The van der Waals surface area contributed by atoms with Crippen molar-refractivity contribution in [1.82, 2.24) is 4.90 Å². The van der Waals surface area contributed by atoms with Crippen LogP contribution >= 0.6 is 0 Å². The Morgan fingerprint density at radius 1 is 1.00 bits per heavy atom. The number of ether oxygens (including phenoxy) is 1. The van der Waals surface area contributed by atoms with Gasteiger partial charge in [-0.15, -0.1) is 0 Å². The van der Waals surface area contributed by atoms with Crippen LogP contribution in [-0.4, -0.2) is 40.5 Å². The fraction of sp³-hybridized carbons (Fsp3) is 0.423. The molecule has 0 unspecified atom stereocenters. The van der Waals surface area contributed by atoms with Gasteiger partial charge in [-0.05, 0) is 60.4 Å². The average molecular weight is 454 g/mol. The average Bonchev–Trinajstić information content (AvgIpc) is 2.80. The first-order valence-electron chi connectivity index (χ1n) is 11.4. The van der Waals surface area contributed by atoms with Crippen molar-refractivity contribution in [2.75, 3.05) is 6.54 Å². The van der Waals surface area contributed by atoms with Crippen LogP contribution in [0.3, 0.4) is 0 Å². The molecule has 1 heterocycles. The summed E-state index contributed by atoms with van der Waals surface area (Å²) in [5.41, 5.74) is 3.43. The summed E-state index contributed by atoms with van der Waals surface area (Å²) in [6.07, 6.45) is 2.63. The van der Waals surface area contributed by atoms with Gasteiger partial charge in [-0.25, -0.2) is 9.18 Å². The molecular weight excluding hydrogens is 425 g/mol. The molecule has 2 aliphatic rings. The number of hydrogen-bond donors (Lipinski definition) is 1. The van der Waals surface area contributed by atoms with E-state index in [9.17, 15) is 18.8 Å². The van der Waals surface area contributed by atoms with Gasteiger partial charge in [0.25, 0.3) is 0 Å². The summed E-state index contributed by atoms with van der Waals surface area (Å²) < 4.78 is 19.4. The molecule has 0 radical (unpaired) electrons. The molecule has 4 rings (SSSR count). The maximum atomic E-state index is 13.8. The molecule has 7 heteroatoms. The highest BCUT2D eigenvalue weighted by molar-refractivity contribution is 5.83. The lowest BCUT2D eigenvalue weighted by molar-refractivity contribution is -0.143. The summed E-state index contributed by atoms with van der Waals surface area (Å²) >= 11 is 0. The lowest BCUT2D eigenvalue weighted by Crippen LogP contribution is -2.39. The first-order chi connectivity index (χ1) is 15.9. The number of carbonyl (C=O) groups is 3. The highest BCUT2D eigenvalue weighted by atomic mass is 19.1. The normalized spacial score (nSPS) is 20.1. The molecular formula is C26H28FNO5. The van der Waals surface area contributed by atoms with Gasteiger partial charge in [-0.3, -0.25) is 9.59 Å². The van der Waals surface area contributed by atoms with Gasteiger partial charge >= 0.3 is 12.1 Å². The molecule has 2 aromatic carbocycles. The number of carbonyl (C=O) groups excluding carboxylic acids is 2. The second-order valence-electron chi connectivity index (χ2n) is 8.95. The predicted molar refractivity (Wildman–Crippen MR) is 119 cm³/mol. The second kappa shape index (κ2) is 10.1. The number of rotatable bonds is 6. The van der Waals surface area contributed by atoms with E-state index >= 15 is 0 Å². The number of hydrogen-bond acceptors (Lipinski definition) is 4. The standard InChI is InChI=1S/C26H28FNO5/c27-24-4-2-1-3-20(24)15-22(29)14-17-5-6-21-16-28(12-11-19(21)13-17)26(32)33-23-9-7-18(8-10-23)25(30)31/h1-6,13,18,23H,7-12,14-16H2,(H,30,31). The number of carboxylic acids is 1. The van der Waals surface area contributed by atoms with E-state index in [1.807, 2.05) is 18.2 Å². The number of carboxylic acid groups (broad SMARTS) is 1. The summed E-state index contributed by atoms with van der Waals surface area (Å²) in [6.45, 7) is 0.977. The molecule has 0 bridgehead atoms. The molecule has 1 aliphatic heterocycles. The summed E-state index contributed by atoms with van der Waals surface area (Å²) in [5.74, 6) is -1.52. The fourth-order valence-corrected chi connectivity index (χ4v) is 4.66. The monoisotopic (exact) mass is 453 g/mol. The molecule has 0 saturated heterocycles. The Bertz CT molecular complexity index is 1040. The third-order valence-electron chi connectivity index (χ3n) is 6.58. The number of amides is 1. The van der Waals surface area contributed by atoms with Gasteiger partial charge in [0, 0.05) is 25.9 Å². The Morgan fingerprint density at radius 2 is 1.76 bits per heavy atom.